The zero-order valence-corrected chi connectivity index (χ0v) is 21.9. The summed E-state index contributed by atoms with van der Waals surface area (Å²) in [5.74, 6) is -1.20. The molecule has 0 bridgehead atoms. The minimum Gasteiger partial charge on any atom is -0.496 e. The van der Waals surface area contributed by atoms with Crippen molar-refractivity contribution in [2.75, 3.05) is 37.5 Å². The number of fused-ring (bicyclic) bond motifs is 1. The van der Waals surface area contributed by atoms with Gasteiger partial charge in [0.2, 0.25) is 0 Å². The molecular weight excluding hydrogens is 503 g/mol. The Kier molecular flexibility index (Phi) is 7.11. The van der Waals surface area contributed by atoms with Gasteiger partial charge in [-0.3, -0.25) is 14.3 Å². The molecule has 4 N–H and O–H groups in total. The predicted molar refractivity (Wildman–Crippen MR) is 145 cm³/mol. The molecular formula is C27H29FN8O3. The van der Waals surface area contributed by atoms with Crippen LogP contribution in [0.4, 0.5) is 15.8 Å². The molecule has 2 amide bonds. The molecule has 3 heterocycles. The van der Waals surface area contributed by atoms with Gasteiger partial charge in [-0.15, -0.1) is 0 Å². The summed E-state index contributed by atoms with van der Waals surface area (Å²) in [6.07, 6.45) is 4.84. The van der Waals surface area contributed by atoms with Crippen LogP contribution in [0, 0.1) is 5.82 Å². The summed E-state index contributed by atoms with van der Waals surface area (Å²) in [5, 5.41) is 10.7. The first-order valence-electron chi connectivity index (χ1n) is 12.5. The third-order valence-electron chi connectivity index (χ3n) is 6.79. The summed E-state index contributed by atoms with van der Waals surface area (Å²) in [6.45, 7) is 1.31. The van der Waals surface area contributed by atoms with Gasteiger partial charge in [0.05, 0.1) is 41.3 Å². The molecule has 5 rings (SSSR count). The molecule has 12 heteroatoms. The van der Waals surface area contributed by atoms with Crippen LogP contribution in [0.15, 0.2) is 42.7 Å². The first kappa shape index (κ1) is 26.0. The summed E-state index contributed by atoms with van der Waals surface area (Å²) in [5.41, 5.74) is 8.48. The van der Waals surface area contributed by atoms with E-state index in [4.69, 9.17) is 10.5 Å². The first-order valence-corrected chi connectivity index (χ1v) is 12.5. The number of nitrogens with zero attached hydrogens (tertiary/aromatic N) is 5. The van der Waals surface area contributed by atoms with Crippen molar-refractivity contribution in [3.8, 4) is 17.1 Å². The Morgan fingerprint density at radius 2 is 2.05 bits per heavy atom. The number of rotatable bonds is 6. The van der Waals surface area contributed by atoms with Crippen LogP contribution < -0.4 is 26.0 Å². The van der Waals surface area contributed by atoms with E-state index in [2.05, 4.69) is 30.6 Å². The van der Waals surface area contributed by atoms with Gasteiger partial charge >= 0.3 is 0 Å². The third kappa shape index (κ3) is 4.86. The lowest BCUT2D eigenvalue weighted by molar-refractivity contribution is 0.0962. The zero-order valence-electron chi connectivity index (χ0n) is 21.9. The number of benzene rings is 2. The van der Waals surface area contributed by atoms with Gasteiger partial charge in [-0.2, -0.15) is 5.10 Å². The van der Waals surface area contributed by atoms with Gasteiger partial charge in [0.1, 0.15) is 17.3 Å². The molecule has 1 unspecified atom stereocenters. The average molecular weight is 533 g/mol. The highest BCUT2D eigenvalue weighted by molar-refractivity contribution is 6.15. The van der Waals surface area contributed by atoms with Crippen LogP contribution in [0.25, 0.3) is 22.3 Å². The number of amides is 2. The second kappa shape index (κ2) is 10.7. The fourth-order valence-electron chi connectivity index (χ4n) is 5.00. The molecule has 202 valence electrons. The number of halogens is 1. The monoisotopic (exact) mass is 532 g/mol. The lowest BCUT2D eigenvalue weighted by atomic mass is 10.0. The Hall–Kier alpha value is -4.58. The van der Waals surface area contributed by atoms with Gasteiger partial charge in [0.25, 0.3) is 11.8 Å². The van der Waals surface area contributed by atoms with Gasteiger partial charge in [0, 0.05) is 44.8 Å². The maximum atomic E-state index is 14.7. The summed E-state index contributed by atoms with van der Waals surface area (Å²) in [6, 6.07) is 7.41. The number of hydrogen-bond acceptors (Lipinski definition) is 8. The minimum atomic E-state index is -0.576. The number of piperidine rings is 1. The summed E-state index contributed by atoms with van der Waals surface area (Å²) >= 11 is 0. The molecule has 0 radical (unpaired) electrons. The lowest BCUT2D eigenvalue weighted by Gasteiger charge is -2.34. The van der Waals surface area contributed by atoms with Crippen LogP contribution in [-0.2, 0) is 7.05 Å². The Balaban J connectivity index is 1.60. The zero-order chi connectivity index (χ0) is 27.7. The molecule has 0 spiro atoms. The van der Waals surface area contributed by atoms with Gasteiger partial charge in [-0.1, -0.05) is 6.07 Å². The normalized spacial score (nSPS) is 15.3. The Morgan fingerprint density at radius 1 is 1.23 bits per heavy atom. The number of hydrogen-bond donors (Lipinski definition) is 3. The van der Waals surface area contributed by atoms with E-state index in [0.29, 0.717) is 28.7 Å². The molecule has 4 aromatic rings. The van der Waals surface area contributed by atoms with Gasteiger partial charge in [0.15, 0.2) is 5.82 Å². The van der Waals surface area contributed by atoms with Crippen LogP contribution in [0.2, 0.25) is 0 Å². The summed E-state index contributed by atoms with van der Waals surface area (Å²) < 4.78 is 21.6. The number of nitrogens with two attached hydrogens (primary N) is 1. The van der Waals surface area contributed by atoms with Crippen LogP contribution in [0.5, 0.6) is 5.75 Å². The number of aromatic nitrogens is 4. The van der Waals surface area contributed by atoms with E-state index in [1.165, 1.54) is 31.5 Å². The molecule has 11 nitrogen and oxygen atoms in total. The van der Waals surface area contributed by atoms with E-state index in [9.17, 15) is 14.0 Å². The van der Waals surface area contributed by atoms with Crippen LogP contribution >= 0.6 is 0 Å². The molecule has 2 aromatic heterocycles. The molecule has 0 saturated carbocycles. The van der Waals surface area contributed by atoms with E-state index >= 15 is 0 Å². The van der Waals surface area contributed by atoms with E-state index in [1.54, 1.807) is 37.1 Å². The molecule has 1 aliphatic rings. The first-order chi connectivity index (χ1) is 18.8. The minimum absolute atomic E-state index is 0.00795. The van der Waals surface area contributed by atoms with Crippen molar-refractivity contribution < 1.29 is 18.7 Å². The van der Waals surface area contributed by atoms with Crippen molar-refractivity contribution in [3.63, 3.8) is 0 Å². The highest BCUT2D eigenvalue weighted by atomic mass is 19.1. The molecule has 1 fully saturated rings. The number of carbonyl (C=O) groups excluding carboxylic acids is 2. The van der Waals surface area contributed by atoms with Crippen molar-refractivity contribution in [1.29, 1.82) is 0 Å². The summed E-state index contributed by atoms with van der Waals surface area (Å²) in [4.78, 5) is 37.0. The maximum Gasteiger partial charge on any atom is 0.274 e. The molecule has 1 aliphatic heterocycles. The van der Waals surface area contributed by atoms with Gasteiger partial charge in [-0.25, -0.2) is 14.4 Å². The molecule has 0 aliphatic carbocycles. The summed E-state index contributed by atoms with van der Waals surface area (Å²) in [7, 11) is 4.72. The maximum absolute atomic E-state index is 14.7. The molecule has 1 atom stereocenters. The Bertz CT molecular complexity index is 1570. The van der Waals surface area contributed by atoms with E-state index < -0.39 is 11.7 Å². The highest BCUT2D eigenvalue weighted by Crippen LogP contribution is 2.39. The number of methoxy groups -OCH3 is 1. The highest BCUT2D eigenvalue weighted by Gasteiger charge is 2.27. The van der Waals surface area contributed by atoms with Crippen molar-refractivity contribution in [2.24, 2.45) is 12.8 Å². The van der Waals surface area contributed by atoms with Crippen molar-refractivity contribution in [3.05, 3.63) is 59.8 Å². The van der Waals surface area contributed by atoms with Crippen LogP contribution in [-0.4, -0.2) is 64.9 Å². The number of nitrogens with one attached hydrogen (secondary N) is 2. The third-order valence-corrected chi connectivity index (χ3v) is 6.79. The topological polar surface area (TPSA) is 140 Å². The van der Waals surface area contributed by atoms with Gasteiger partial charge < -0.3 is 26.0 Å². The number of aryl methyl sites for hydroxylation is 1. The lowest BCUT2D eigenvalue weighted by Crippen LogP contribution is -2.43. The number of anilines is 2. The van der Waals surface area contributed by atoms with Crippen LogP contribution in [0.3, 0.4) is 0 Å². The molecule has 1 saturated heterocycles. The molecule has 2 aromatic carbocycles. The van der Waals surface area contributed by atoms with E-state index in [0.717, 1.165) is 25.1 Å². The predicted octanol–water partition coefficient (Wildman–Crippen LogP) is 2.72. The van der Waals surface area contributed by atoms with Crippen molar-refractivity contribution in [2.45, 2.75) is 18.9 Å². The fraction of sp³-hybridized carbons (Fsp3) is 0.296. The fourth-order valence-corrected chi connectivity index (χ4v) is 5.00. The second-order valence-electron chi connectivity index (χ2n) is 9.31. The van der Waals surface area contributed by atoms with Crippen LogP contribution in [0.1, 0.15) is 33.7 Å². The number of carbonyl (C=O) groups is 2. The SMILES string of the molecule is CNC(=O)c1cc(NC(=O)c2ccnc(-c3c(F)cccc3OC)n2)c(N2CCCC(N)C2)c2cnn(C)c12. The Morgan fingerprint density at radius 3 is 2.79 bits per heavy atom. The second-order valence-corrected chi connectivity index (χ2v) is 9.31. The smallest absolute Gasteiger partial charge is 0.274 e. The Labute approximate surface area is 224 Å². The quantitative estimate of drug-likeness (QED) is 0.344. The number of ether oxygens (including phenoxy) is 1. The van der Waals surface area contributed by atoms with E-state index in [-0.39, 0.29) is 34.8 Å². The van der Waals surface area contributed by atoms with Crippen molar-refractivity contribution >= 4 is 34.1 Å². The van der Waals surface area contributed by atoms with Gasteiger partial charge in [-0.05, 0) is 37.1 Å². The average Bonchev–Trinajstić information content (AvgIpc) is 3.32. The van der Waals surface area contributed by atoms with Crippen molar-refractivity contribution in [1.82, 2.24) is 25.1 Å². The largest absolute Gasteiger partial charge is 0.496 e. The van der Waals surface area contributed by atoms with E-state index in [1.807, 2.05) is 0 Å². The standard InChI is InChI=1S/C27H29FN8O3/c1-30-26(37)16-12-20(24(17-13-32-35(2)23(16)17)36-11-5-6-15(29)14-36)34-27(38)19-9-10-31-25(33-19)22-18(28)7-4-8-21(22)39-3/h4,7-10,12-13,15H,5-6,11,14,29H2,1-3H3,(H,30,37)(H,34,38). The molecule has 39 heavy (non-hydrogen) atoms.